The molecular formula is C12H11N5OS. The Morgan fingerprint density at radius 2 is 2.42 bits per heavy atom. The largest absolute Gasteiger partial charge is 0.395 e. The zero-order valence-electron chi connectivity index (χ0n) is 9.93. The Morgan fingerprint density at radius 3 is 3.11 bits per heavy atom. The monoisotopic (exact) mass is 273 g/mol. The molecule has 7 heteroatoms. The zero-order chi connectivity index (χ0) is 13.4. The van der Waals surface area contributed by atoms with Crippen LogP contribution in [0.2, 0.25) is 0 Å². The Labute approximate surface area is 113 Å². The molecule has 1 fully saturated rings. The summed E-state index contributed by atoms with van der Waals surface area (Å²) in [5.41, 5.74) is 7.82. The quantitative estimate of drug-likeness (QED) is 0.795. The predicted octanol–water partition coefficient (Wildman–Crippen LogP) is 2.05. The molecular weight excluding hydrogens is 262 g/mol. The van der Waals surface area contributed by atoms with Crippen LogP contribution in [-0.4, -0.2) is 16.1 Å². The lowest BCUT2D eigenvalue weighted by Gasteiger charge is -2.01. The van der Waals surface area contributed by atoms with Gasteiger partial charge in [-0.25, -0.2) is 0 Å². The first-order valence-corrected chi connectivity index (χ1v) is 6.71. The van der Waals surface area contributed by atoms with Crippen LogP contribution in [0, 0.1) is 11.3 Å². The summed E-state index contributed by atoms with van der Waals surface area (Å²) < 4.78 is 0. The summed E-state index contributed by atoms with van der Waals surface area (Å²) in [5.74, 6) is 0.0186. The van der Waals surface area contributed by atoms with E-state index >= 15 is 0 Å². The highest BCUT2D eigenvalue weighted by Gasteiger charge is 2.30. The van der Waals surface area contributed by atoms with E-state index in [9.17, 15) is 4.79 Å². The fourth-order valence-electron chi connectivity index (χ4n) is 1.88. The maximum Gasteiger partial charge on any atom is 0.278 e. The number of carbonyl (C=O) groups excluding carboxylic acids is 1. The highest BCUT2D eigenvalue weighted by Crippen LogP contribution is 2.42. The standard InChI is InChI=1S/C12H11N5OS/c13-5-7-3-4-19-12(7)15-11(18)10-8(14)9(16-17-10)6-1-2-6/h3-4,6H,1-2,14H2,(H,15,18)(H,16,17). The molecule has 0 aliphatic heterocycles. The van der Waals surface area contributed by atoms with Crippen molar-refractivity contribution in [3.8, 4) is 6.07 Å². The van der Waals surface area contributed by atoms with Gasteiger partial charge in [0.2, 0.25) is 0 Å². The van der Waals surface area contributed by atoms with Crippen molar-refractivity contribution in [1.82, 2.24) is 10.2 Å². The topological polar surface area (TPSA) is 108 Å². The first-order chi connectivity index (χ1) is 9.20. The molecule has 2 heterocycles. The van der Waals surface area contributed by atoms with E-state index in [4.69, 9.17) is 11.0 Å². The summed E-state index contributed by atoms with van der Waals surface area (Å²) in [4.78, 5) is 12.1. The van der Waals surface area contributed by atoms with Crippen LogP contribution in [0.3, 0.4) is 0 Å². The second-order valence-corrected chi connectivity index (χ2v) is 5.32. The zero-order valence-corrected chi connectivity index (χ0v) is 10.8. The number of hydrogen-bond acceptors (Lipinski definition) is 5. The Kier molecular flexibility index (Phi) is 2.72. The fourth-order valence-corrected chi connectivity index (χ4v) is 2.61. The van der Waals surface area contributed by atoms with Gasteiger partial charge in [-0.3, -0.25) is 9.89 Å². The van der Waals surface area contributed by atoms with Crippen LogP contribution >= 0.6 is 11.3 Å². The van der Waals surface area contributed by atoms with Crippen molar-refractivity contribution < 1.29 is 4.79 Å². The van der Waals surface area contributed by atoms with Crippen molar-refractivity contribution in [2.45, 2.75) is 18.8 Å². The number of hydrogen-bond donors (Lipinski definition) is 3. The summed E-state index contributed by atoms with van der Waals surface area (Å²) >= 11 is 1.30. The second-order valence-electron chi connectivity index (χ2n) is 4.40. The Hall–Kier alpha value is -2.33. The molecule has 0 atom stereocenters. The molecule has 1 saturated carbocycles. The number of anilines is 2. The van der Waals surface area contributed by atoms with Gasteiger partial charge in [-0.15, -0.1) is 11.3 Å². The van der Waals surface area contributed by atoms with Gasteiger partial charge in [-0.2, -0.15) is 10.4 Å². The molecule has 1 aliphatic carbocycles. The highest BCUT2D eigenvalue weighted by atomic mass is 32.1. The van der Waals surface area contributed by atoms with Crippen LogP contribution < -0.4 is 11.1 Å². The summed E-state index contributed by atoms with van der Waals surface area (Å²) in [6.07, 6.45) is 2.16. The minimum Gasteiger partial charge on any atom is -0.395 e. The molecule has 4 N–H and O–H groups in total. The van der Waals surface area contributed by atoms with Gasteiger partial charge in [-0.05, 0) is 24.3 Å². The lowest BCUT2D eigenvalue weighted by atomic mass is 10.2. The Morgan fingerprint density at radius 1 is 1.63 bits per heavy atom. The number of nitrogens with one attached hydrogen (secondary N) is 2. The first-order valence-electron chi connectivity index (χ1n) is 5.83. The van der Waals surface area contributed by atoms with Crippen LogP contribution in [0.4, 0.5) is 10.7 Å². The molecule has 1 amide bonds. The molecule has 96 valence electrons. The smallest absolute Gasteiger partial charge is 0.278 e. The highest BCUT2D eigenvalue weighted by molar-refractivity contribution is 7.14. The third-order valence-electron chi connectivity index (χ3n) is 3.05. The number of aromatic amines is 1. The Bertz CT molecular complexity index is 677. The molecule has 0 radical (unpaired) electrons. The molecule has 0 aromatic carbocycles. The van der Waals surface area contributed by atoms with Crippen molar-refractivity contribution in [3.63, 3.8) is 0 Å². The molecule has 0 unspecified atom stereocenters. The van der Waals surface area contributed by atoms with Crippen LogP contribution in [0.15, 0.2) is 11.4 Å². The number of aromatic nitrogens is 2. The summed E-state index contributed by atoms with van der Waals surface area (Å²) in [6.45, 7) is 0. The number of amides is 1. The van der Waals surface area contributed by atoms with Gasteiger partial charge in [0.25, 0.3) is 5.91 Å². The number of nitrogens with two attached hydrogens (primary N) is 1. The molecule has 3 rings (SSSR count). The molecule has 2 aromatic rings. The maximum absolute atomic E-state index is 12.1. The lowest BCUT2D eigenvalue weighted by molar-refractivity contribution is 0.102. The van der Waals surface area contributed by atoms with Crippen molar-refractivity contribution in [1.29, 1.82) is 5.26 Å². The second kappa shape index (κ2) is 4.40. The third-order valence-corrected chi connectivity index (χ3v) is 3.88. The normalized spacial score (nSPS) is 14.1. The van der Waals surface area contributed by atoms with Gasteiger partial charge in [0.1, 0.15) is 11.1 Å². The fraction of sp³-hybridized carbons (Fsp3) is 0.250. The number of nitrogen functional groups attached to an aromatic ring is 1. The van der Waals surface area contributed by atoms with Gasteiger partial charge in [0.15, 0.2) is 5.69 Å². The number of nitriles is 1. The van der Waals surface area contributed by atoms with Crippen LogP contribution in [-0.2, 0) is 0 Å². The van der Waals surface area contributed by atoms with E-state index in [2.05, 4.69) is 15.5 Å². The first kappa shape index (κ1) is 11.7. The van der Waals surface area contributed by atoms with Crippen molar-refractivity contribution in [2.75, 3.05) is 11.1 Å². The van der Waals surface area contributed by atoms with E-state index in [0.29, 0.717) is 22.2 Å². The van der Waals surface area contributed by atoms with E-state index in [1.807, 2.05) is 6.07 Å². The van der Waals surface area contributed by atoms with E-state index < -0.39 is 0 Å². The van der Waals surface area contributed by atoms with Crippen molar-refractivity contribution in [3.05, 3.63) is 28.4 Å². The van der Waals surface area contributed by atoms with Crippen LogP contribution in [0.1, 0.15) is 40.5 Å². The van der Waals surface area contributed by atoms with E-state index in [-0.39, 0.29) is 11.6 Å². The van der Waals surface area contributed by atoms with Crippen molar-refractivity contribution in [2.24, 2.45) is 0 Å². The van der Waals surface area contributed by atoms with E-state index in [1.54, 1.807) is 11.4 Å². The van der Waals surface area contributed by atoms with Gasteiger partial charge < -0.3 is 11.1 Å². The molecule has 19 heavy (non-hydrogen) atoms. The van der Waals surface area contributed by atoms with E-state index in [1.165, 1.54) is 11.3 Å². The summed E-state index contributed by atoms with van der Waals surface area (Å²) in [6, 6.07) is 3.67. The molecule has 0 spiro atoms. The Balaban J connectivity index is 1.83. The van der Waals surface area contributed by atoms with Crippen LogP contribution in [0.5, 0.6) is 0 Å². The number of H-pyrrole nitrogens is 1. The van der Waals surface area contributed by atoms with Gasteiger partial charge in [-0.1, -0.05) is 0 Å². The van der Waals surface area contributed by atoms with Gasteiger partial charge in [0.05, 0.1) is 16.9 Å². The molecule has 1 aliphatic rings. The number of rotatable bonds is 3. The minimum absolute atomic E-state index is 0.194. The molecule has 0 saturated heterocycles. The van der Waals surface area contributed by atoms with Gasteiger partial charge in [0, 0.05) is 5.92 Å². The van der Waals surface area contributed by atoms with Gasteiger partial charge >= 0.3 is 0 Å². The molecule has 0 bridgehead atoms. The molecule has 2 aromatic heterocycles. The summed E-state index contributed by atoms with van der Waals surface area (Å²) in [5, 5.41) is 20.6. The average Bonchev–Trinajstić information content (AvgIpc) is 3.02. The lowest BCUT2D eigenvalue weighted by Crippen LogP contribution is -2.14. The predicted molar refractivity (Wildman–Crippen MR) is 72.0 cm³/mol. The van der Waals surface area contributed by atoms with E-state index in [0.717, 1.165) is 18.5 Å². The SMILES string of the molecule is N#Cc1ccsc1NC(=O)c1n[nH]c(C2CC2)c1N. The number of nitrogens with zero attached hydrogens (tertiary/aromatic N) is 2. The number of thiophene rings is 1. The third kappa shape index (κ3) is 2.06. The molecule has 6 nitrogen and oxygen atoms in total. The average molecular weight is 273 g/mol. The van der Waals surface area contributed by atoms with Crippen LogP contribution in [0.25, 0.3) is 0 Å². The minimum atomic E-state index is -0.389. The van der Waals surface area contributed by atoms with Crippen molar-refractivity contribution >= 4 is 27.9 Å². The maximum atomic E-state index is 12.1. The summed E-state index contributed by atoms with van der Waals surface area (Å²) in [7, 11) is 0. The number of carbonyl (C=O) groups is 1.